The van der Waals surface area contributed by atoms with E-state index in [0.717, 1.165) is 18.4 Å². The smallest absolute Gasteiger partial charge is 0.244 e. The summed E-state index contributed by atoms with van der Waals surface area (Å²) in [6, 6.07) is 5.13. The topological polar surface area (TPSA) is 46.6 Å². The molecule has 2 bridgehead atoms. The van der Waals surface area contributed by atoms with E-state index in [1.165, 1.54) is 0 Å². The van der Waals surface area contributed by atoms with E-state index in [0.29, 0.717) is 28.3 Å². The van der Waals surface area contributed by atoms with Gasteiger partial charge in [-0.3, -0.25) is 0 Å². The van der Waals surface area contributed by atoms with Gasteiger partial charge in [-0.2, -0.15) is 4.31 Å². The first-order valence-corrected chi connectivity index (χ1v) is 9.27. The second-order valence-electron chi connectivity index (χ2n) is 5.18. The van der Waals surface area contributed by atoms with Crippen LogP contribution < -0.4 is 0 Å². The number of hydrogen-bond donors (Lipinski definition) is 0. The Balaban J connectivity index is 1.92. The predicted octanol–water partition coefficient (Wildman–Crippen LogP) is 2.74. The summed E-state index contributed by atoms with van der Waals surface area (Å²) in [6.45, 7) is 0.894. The van der Waals surface area contributed by atoms with Crippen LogP contribution in [0, 0.1) is 0 Å². The summed E-state index contributed by atoms with van der Waals surface area (Å²) in [7, 11) is -3.48. The molecule has 0 spiro atoms. The zero-order valence-corrected chi connectivity index (χ0v) is 13.9. The van der Waals surface area contributed by atoms with Crippen molar-refractivity contribution >= 4 is 37.6 Å². The molecule has 0 aliphatic carbocycles. The molecule has 110 valence electrons. The van der Waals surface area contributed by atoms with Crippen molar-refractivity contribution in [1.29, 1.82) is 0 Å². The Labute approximate surface area is 132 Å². The lowest BCUT2D eigenvalue weighted by molar-refractivity contribution is -0.0114. The lowest BCUT2D eigenvalue weighted by Crippen LogP contribution is -2.45. The van der Waals surface area contributed by atoms with Crippen molar-refractivity contribution in [3.05, 3.63) is 28.2 Å². The molecule has 2 aliphatic heterocycles. The molecule has 2 saturated heterocycles. The number of halogens is 2. The fraction of sp³-hybridized carbons (Fsp3) is 0.538. The molecule has 0 amide bonds. The number of ether oxygens (including phenoxy) is 1. The summed E-state index contributed by atoms with van der Waals surface area (Å²) in [5.74, 6) is 0.362. The van der Waals surface area contributed by atoms with Gasteiger partial charge >= 0.3 is 0 Å². The SMILES string of the molecule is O=S(=O)(c1ccc(CCl)cc1Br)N1CC2CCC(C1)O2. The zero-order valence-electron chi connectivity index (χ0n) is 10.8. The molecule has 2 fully saturated rings. The molecule has 2 unspecified atom stereocenters. The van der Waals surface area contributed by atoms with E-state index < -0.39 is 10.0 Å². The highest BCUT2D eigenvalue weighted by atomic mass is 79.9. The summed E-state index contributed by atoms with van der Waals surface area (Å²) in [5, 5.41) is 0. The van der Waals surface area contributed by atoms with Crippen LogP contribution in [0.15, 0.2) is 27.6 Å². The van der Waals surface area contributed by atoms with Crippen LogP contribution in [-0.4, -0.2) is 38.0 Å². The van der Waals surface area contributed by atoms with Crippen LogP contribution in [-0.2, 0) is 20.6 Å². The summed E-state index contributed by atoms with van der Waals surface area (Å²) in [5.41, 5.74) is 0.888. The molecule has 1 aromatic carbocycles. The first-order valence-electron chi connectivity index (χ1n) is 6.50. The van der Waals surface area contributed by atoms with Crippen LogP contribution in [0.4, 0.5) is 0 Å². The van der Waals surface area contributed by atoms with Crippen molar-refractivity contribution in [1.82, 2.24) is 4.31 Å². The maximum atomic E-state index is 12.7. The van der Waals surface area contributed by atoms with E-state index in [1.54, 1.807) is 22.5 Å². The molecule has 2 atom stereocenters. The lowest BCUT2D eigenvalue weighted by atomic mass is 10.2. The number of nitrogens with zero attached hydrogens (tertiary/aromatic N) is 1. The standard InChI is InChI=1S/C13H15BrClNO3S/c14-12-5-9(6-15)1-4-13(12)20(17,18)16-7-10-2-3-11(8-16)19-10/h1,4-5,10-11H,2-3,6-8H2. The number of hydrogen-bond acceptors (Lipinski definition) is 3. The van der Waals surface area contributed by atoms with Gasteiger partial charge in [0.1, 0.15) is 0 Å². The summed E-state index contributed by atoms with van der Waals surface area (Å²) < 4.78 is 33.3. The van der Waals surface area contributed by atoms with Crippen molar-refractivity contribution < 1.29 is 13.2 Å². The molecular formula is C13H15BrClNO3S. The second-order valence-corrected chi connectivity index (χ2v) is 8.21. The van der Waals surface area contributed by atoms with Crippen LogP contribution in [0.1, 0.15) is 18.4 Å². The second kappa shape index (κ2) is 5.57. The third-order valence-corrected chi connectivity index (χ3v) is 6.90. The van der Waals surface area contributed by atoms with Gasteiger partial charge in [0.25, 0.3) is 0 Å². The number of fused-ring (bicyclic) bond motifs is 2. The normalized spacial score (nSPS) is 26.9. The maximum Gasteiger partial charge on any atom is 0.244 e. The van der Waals surface area contributed by atoms with Crippen LogP contribution in [0.2, 0.25) is 0 Å². The lowest BCUT2D eigenvalue weighted by Gasteiger charge is -2.31. The highest BCUT2D eigenvalue weighted by molar-refractivity contribution is 9.10. The van der Waals surface area contributed by atoms with E-state index in [2.05, 4.69) is 15.9 Å². The van der Waals surface area contributed by atoms with Gasteiger partial charge in [-0.25, -0.2) is 8.42 Å². The Morgan fingerprint density at radius 1 is 1.30 bits per heavy atom. The minimum atomic E-state index is -3.48. The number of sulfonamides is 1. The van der Waals surface area contributed by atoms with Crippen molar-refractivity contribution in [2.24, 2.45) is 0 Å². The molecule has 1 aromatic rings. The van der Waals surface area contributed by atoms with Crippen LogP contribution in [0.25, 0.3) is 0 Å². The van der Waals surface area contributed by atoms with E-state index in [9.17, 15) is 8.42 Å². The van der Waals surface area contributed by atoms with Crippen LogP contribution in [0.5, 0.6) is 0 Å². The molecule has 2 heterocycles. The minimum Gasteiger partial charge on any atom is -0.372 e. The van der Waals surface area contributed by atoms with Gasteiger partial charge in [-0.1, -0.05) is 6.07 Å². The van der Waals surface area contributed by atoms with Crippen LogP contribution >= 0.6 is 27.5 Å². The molecule has 2 aliphatic rings. The Kier molecular flexibility index (Phi) is 4.12. The fourth-order valence-corrected chi connectivity index (χ4v) is 5.50. The molecule has 3 rings (SSSR count). The van der Waals surface area contributed by atoms with E-state index in [1.807, 2.05) is 0 Å². The van der Waals surface area contributed by atoms with Gasteiger partial charge in [0.05, 0.1) is 17.1 Å². The number of morpholine rings is 1. The molecule has 0 saturated carbocycles. The summed E-state index contributed by atoms with van der Waals surface area (Å²) in [4.78, 5) is 0.299. The molecule has 0 N–H and O–H groups in total. The van der Waals surface area contributed by atoms with Gasteiger partial charge in [-0.15, -0.1) is 11.6 Å². The third-order valence-electron chi connectivity index (χ3n) is 3.78. The molecule has 20 heavy (non-hydrogen) atoms. The molecule has 0 aromatic heterocycles. The van der Waals surface area contributed by atoms with Gasteiger partial charge < -0.3 is 4.74 Å². The van der Waals surface area contributed by atoms with Gasteiger partial charge in [0, 0.05) is 23.4 Å². The van der Waals surface area contributed by atoms with Gasteiger partial charge in [0.15, 0.2) is 0 Å². The van der Waals surface area contributed by atoms with E-state index >= 15 is 0 Å². The van der Waals surface area contributed by atoms with Gasteiger partial charge in [0.2, 0.25) is 10.0 Å². The average Bonchev–Trinajstić information content (AvgIpc) is 2.76. The number of benzene rings is 1. The fourth-order valence-electron chi connectivity index (χ4n) is 2.75. The largest absolute Gasteiger partial charge is 0.372 e. The maximum absolute atomic E-state index is 12.7. The first kappa shape index (κ1) is 14.8. The molecule has 0 radical (unpaired) electrons. The predicted molar refractivity (Wildman–Crippen MR) is 80.4 cm³/mol. The Morgan fingerprint density at radius 3 is 2.50 bits per heavy atom. The Bertz CT molecular complexity index is 610. The van der Waals surface area contributed by atoms with Crippen molar-refractivity contribution in [2.75, 3.05) is 13.1 Å². The summed E-state index contributed by atoms with van der Waals surface area (Å²) >= 11 is 9.10. The highest BCUT2D eigenvalue weighted by Crippen LogP contribution is 2.32. The molecule has 4 nitrogen and oxygen atoms in total. The minimum absolute atomic E-state index is 0.0458. The van der Waals surface area contributed by atoms with Crippen molar-refractivity contribution in [2.45, 2.75) is 35.8 Å². The molecular weight excluding hydrogens is 366 g/mol. The monoisotopic (exact) mass is 379 g/mol. The zero-order chi connectivity index (χ0) is 14.3. The van der Waals surface area contributed by atoms with Crippen molar-refractivity contribution in [3.8, 4) is 0 Å². The van der Waals surface area contributed by atoms with Gasteiger partial charge in [-0.05, 0) is 46.5 Å². The highest BCUT2D eigenvalue weighted by Gasteiger charge is 2.39. The van der Waals surface area contributed by atoms with Crippen molar-refractivity contribution in [3.63, 3.8) is 0 Å². The number of alkyl halides is 1. The van der Waals surface area contributed by atoms with E-state index in [-0.39, 0.29) is 12.2 Å². The Hall–Kier alpha value is -0.140. The Morgan fingerprint density at radius 2 is 1.95 bits per heavy atom. The molecule has 7 heteroatoms. The first-order chi connectivity index (χ1) is 9.50. The summed E-state index contributed by atoms with van der Waals surface area (Å²) in [6.07, 6.45) is 1.99. The quantitative estimate of drug-likeness (QED) is 0.758. The average molecular weight is 381 g/mol. The number of rotatable bonds is 3. The van der Waals surface area contributed by atoms with Crippen LogP contribution in [0.3, 0.4) is 0 Å². The van der Waals surface area contributed by atoms with E-state index in [4.69, 9.17) is 16.3 Å². The third kappa shape index (κ3) is 2.64.